The number of halogens is 1. The maximum Gasteiger partial charge on any atom is -0.00252 e. The van der Waals surface area contributed by atoms with E-state index in [1.165, 1.54) is 51.4 Å². The molecule has 1 aliphatic heterocycles. The van der Waals surface area contributed by atoms with Crippen LogP contribution in [0.2, 0.25) is 0 Å². The molecular formula is C13H17ClS. The zero-order chi connectivity index (χ0) is 10.3. The minimum Gasteiger partial charge on any atom is -0.0632 e. The van der Waals surface area contributed by atoms with Crippen LogP contribution in [0.15, 0.2) is 22.1 Å². The van der Waals surface area contributed by atoms with Crippen LogP contribution >= 0.6 is 20.4 Å². The Balaban J connectivity index is 2.08. The Morgan fingerprint density at radius 2 is 1.67 bits per heavy atom. The van der Waals surface area contributed by atoms with E-state index in [0.29, 0.717) is 0 Å². The Kier molecular flexibility index (Phi) is 2.78. The number of rotatable bonds is 0. The van der Waals surface area contributed by atoms with Gasteiger partial charge in [-0.3, -0.25) is 0 Å². The summed E-state index contributed by atoms with van der Waals surface area (Å²) in [5, 5.41) is 0. The van der Waals surface area contributed by atoms with E-state index in [1.807, 2.05) is 0 Å². The molecule has 0 N–H and O–H groups in total. The van der Waals surface area contributed by atoms with Crippen molar-refractivity contribution in [2.45, 2.75) is 51.4 Å². The van der Waals surface area contributed by atoms with Gasteiger partial charge in [-0.2, -0.15) is 0 Å². The Morgan fingerprint density at radius 1 is 0.933 bits per heavy atom. The van der Waals surface area contributed by atoms with Gasteiger partial charge in [0.15, 0.2) is 0 Å². The van der Waals surface area contributed by atoms with E-state index in [1.54, 1.807) is 20.9 Å². The normalized spacial score (nSPS) is 30.9. The molecule has 3 aliphatic rings. The molecular weight excluding hydrogens is 224 g/mol. The van der Waals surface area contributed by atoms with Gasteiger partial charge < -0.3 is 0 Å². The van der Waals surface area contributed by atoms with E-state index in [2.05, 4.69) is 6.08 Å². The van der Waals surface area contributed by atoms with E-state index in [9.17, 15) is 0 Å². The van der Waals surface area contributed by atoms with E-state index in [-0.39, 0.29) is 9.70 Å². The predicted molar refractivity (Wildman–Crippen MR) is 70.5 cm³/mol. The number of fused-ring (bicyclic) bond motifs is 1. The zero-order valence-corrected chi connectivity index (χ0v) is 10.6. The Bertz CT molecular complexity index is 387. The first-order valence-corrected chi connectivity index (χ1v) is 8.11. The SMILES string of the molecule is ClS1=C2CCCCC2=CC2=C1CCCC2. The highest BCUT2D eigenvalue weighted by Gasteiger charge is 2.24. The summed E-state index contributed by atoms with van der Waals surface area (Å²) >= 11 is 0. The van der Waals surface area contributed by atoms with Crippen LogP contribution in [0.1, 0.15) is 51.4 Å². The second kappa shape index (κ2) is 4.10. The molecule has 1 atom stereocenters. The summed E-state index contributed by atoms with van der Waals surface area (Å²) in [7, 11) is 6.63. The van der Waals surface area contributed by atoms with Crippen molar-refractivity contribution in [3.05, 3.63) is 22.1 Å². The van der Waals surface area contributed by atoms with Crippen molar-refractivity contribution in [1.82, 2.24) is 0 Å². The smallest absolute Gasteiger partial charge is 0.00252 e. The van der Waals surface area contributed by atoms with Crippen LogP contribution in [-0.2, 0) is 0 Å². The average molecular weight is 241 g/mol. The quantitative estimate of drug-likeness (QED) is 0.527. The molecule has 0 aromatic heterocycles. The first-order valence-electron chi connectivity index (χ1n) is 6.05. The number of hydrogen-bond acceptors (Lipinski definition) is 0. The molecule has 0 saturated heterocycles. The Morgan fingerprint density at radius 3 is 2.60 bits per heavy atom. The lowest BCUT2D eigenvalue weighted by Gasteiger charge is -2.29. The third-order valence-corrected chi connectivity index (χ3v) is 6.61. The molecule has 1 saturated carbocycles. The fourth-order valence-electron chi connectivity index (χ4n) is 2.88. The maximum atomic E-state index is 6.66. The van der Waals surface area contributed by atoms with E-state index in [0.717, 1.165) is 0 Å². The molecule has 1 heterocycles. The van der Waals surface area contributed by atoms with Crippen molar-refractivity contribution in [3.63, 3.8) is 0 Å². The van der Waals surface area contributed by atoms with Gasteiger partial charge in [0, 0.05) is 0 Å². The minimum absolute atomic E-state index is 0.0230. The molecule has 0 aromatic rings. The molecule has 2 heteroatoms. The third-order valence-electron chi connectivity index (χ3n) is 3.70. The van der Waals surface area contributed by atoms with Crippen molar-refractivity contribution in [2.75, 3.05) is 0 Å². The summed E-state index contributed by atoms with van der Waals surface area (Å²) in [5.41, 5.74) is 3.19. The molecule has 0 bridgehead atoms. The van der Waals surface area contributed by atoms with Crippen molar-refractivity contribution in [1.29, 1.82) is 0 Å². The summed E-state index contributed by atoms with van der Waals surface area (Å²) in [6, 6.07) is 0. The maximum absolute atomic E-state index is 6.66. The Labute approximate surface area is 98.8 Å². The van der Waals surface area contributed by atoms with Crippen LogP contribution in [0, 0.1) is 0 Å². The standard InChI is InChI=1S/C13H17ClS/c14-15-12-7-3-1-5-10(12)9-11-6-2-4-8-13(11)15/h9H,1-8H2. The highest BCUT2D eigenvalue weighted by molar-refractivity contribution is 8.38. The third kappa shape index (κ3) is 1.74. The molecule has 0 nitrogen and oxygen atoms in total. The van der Waals surface area contributed by atoms with Gasteiger partial charge in [-0.05, 0) is 83.0 Å². The van der Waals surface area contributed by atoms with Crippen molar-refractivity contribution in [2.24, 2.45) is 0 Å². The second-order valence-electron chi connectivity index (χ2n) is 4.71. The molecule has 2 aliphatic carbocycles. The molecule has 15 heavy (non-hydrogen) atoms. The van der Waals surface area contributed by atoms with Crippen LogP contribution in [0.4, 0.5) is 0 Å². The highest BCUT2D eigenvalue weighted by Crippen LogP contribution is 2.48. The summed E-state index contributed by atoms with van der Waals surface area (Å²) < 4.78 is 0. The van der Waals surface area contributed by atoms with Gasteiger partial charge in [-0.1, -0.05) is 15.8 Å². The number of allylic oxidation sites excluding steroid dienone is 4. The van der Waals surface area contributed by atoms with Gasteiger partial charge in [0.1, 0.15) is 0 Å². The van der Waals surface area contributed by atoms with Crippen LogP contribution in [0.25, 0.3) is 0 Å². The summed E-state index contributed by atoms with van der Waals surface area (Å²) in [6.07, 6.45) is 13.0. The molecule has 82 valence electrons. The van der Waals surface area contributed by atoms with Crippen LogP contribution in [-0.4, -0.2) is 4.86 Å². The lowest BCUT2D eigenvalue weighted by atomic mass is 9.90. The molecule has 1 fully saturated rings. The first kappa shape index (κ1) is 10.2. The monoisotopic (exact) mass is 240 g/mol. The van der Waals surface area contributed by atoms with Crippen molar-refractivity contribution < 1.29 is 0 Å². The zero-order valence-electron chi connectivity index (χ0n) is 9.02. The van der Waals surface area contributed by atoms with E-state index in [4.69, 9.17) is 10.7 Å². The van der Waals surface area contributed by atoms with Crippen LogP contribution in [0.5, 0.6) is 0 Å². The minimum atomic E-state index is -0.0230. The predicted octanol–water partition coefficient (Wildman–Crippen LogP) is 4.92. The average Bonchev–Trinajstić information content (AvgIpc) is 2.30. The van der Waals surface area contributed by atoms with Gasteiger partial charge in [-0.15, -0.1) is 0 Å². The van der Waals surface area contributed by atoms with Gasteiger partial charge in [0.2, 0.25) is 0 Å². The molecule has 0 aromatic carbocycles. The molecule has 0 radical (unpaired) electrons. The molecule has 3 rings (SSSR count). The van der Waals surface area contributed by atoms with Crippen molar-refractivity contribution >= 4 is 25.2 Å². The largest absolute Gasteiger partial charge is 0.0632 e. The fourth-order valence-corrected chi connectivity index (χ4v) is 5.66. The summed E-state index contributed by atoms with van der Waals surface area (Å²) in [6.45, 7) is 0. The lowest BCUT2D eigenvalue weighted by Crippen LogP contribution is -2.14. The lowest BCUT2D eigenvalue weighted by molar-refractivity contribution is 0.698. The summed E-state index contributed by atoms with van der Waals surface area (Å²) in [5.74, 6) is 0. The summed E-state index contributed by atoms with van der Waals surface area (Å²) in [4.78, 5) is 3.17. The molecule has 0 amide bonds. The topological polar surface area (TPSA) is 0 Å². The van der Waals surface area contributed by atoms with E-state index >= 15 is 0 Å². The first-order chi connectivity index (χ1) is 7.36. The van der Waals surface area contributed by atoms with Gasteiger partial charge >= 0.3 is 0 Å². The van der Waals surface area contributed by atoms with Crippen LogP contribution in [0.3, 0.4) is 0 Å². The van der Waals surface area contributed by atoms with E-state index < -0.39 is 0 Å². The van der Waals surface area contributed by atoms with Gasteiger partial charge in [0.25, 0.3) is 0 Å². The molecule has 0 spiro atoms. The number of hydrogen-bond donors (Lipinski definition) is 0. The van der Waals surface area contributed by atoms with Crippen molar-refractivity contribution in [3.8, 4) is 0 Å². The molecule has 1 unspecified atom stereocenters. The van der Waals surface area contributed by atoms with Crippen LogP contribution < -0.4 is 0 Å². The second-order valence-corrected chi connectivity index (χ2v) is 7.14. The Hall–Kier alpha value is -0.0100. The van der Waals surface area contributed by atoms with Gasteiger partial charge in [0.05, 0.1) is 0 Å². The fraction of sp³-hybridized carbons (Fsp3) is 0.615. The van der Waals surface area contributed by atoms with Gasteiger partial charge in [-0.25, -0.2) is 0 Å². The highest BCUT2D eigenvalue weighted by atomic mass is 35.7.